The van der Waals surface area contributed by atoms with E-state index in [0.29, 0.717) is 11.3 Å². The number of aryl methyl sites for hydroxylation is 2. The summed E-state index contributed by atoms with van der Waals surface area (Å²) in [7, 11) is -7.10. The predicted octanol–water partition coefficient (Wildman–Crippen LogP) is 1.88. The van der Waals surface area contributed by atoms with E-state index in [0.717, 1.165) is 5.56 Å². The van der Waals surface area contributed by atoms with Gasteiger partial charge in [0.1, 0.15) is 11.5 Å². The van der Waals surface area contributed by atoms with Crippen LogP contribution in [-0.2, 0) is 25.6 Å². The number of benzene rings is 1. The highest BCUT2D eigenvalue weighted by Crippen LogP contribution is 2.28. The van der Waals surface area contributed by atoms with Gasteiger partial charge in [-0.05, 0) is 37.6 Å². The molecule has 0 radical (unpaired) electrons. The Kier molecular flexibility index (Phi) is 4.31. The Balaban J connectivity index is 1.73. The molecule has 0 aliphatic carbocycles. The van der Waals surface area contributed by atoms with Gasteiger partial charge >= 0.3 is 0 Å². The molecule has 6 nitrogen and oxygen atoms in total. The smallest absolute Gasteiger partial charge is 0.243 e. The number of sulfonamides is 1. The van der Waals surface area contributed by atoms with Crippen molar-refractivity contribution < 1.29 is 21.3 Å². The highest BCUT2D eigenvalue weighted by molar-refractivity contribution is 7.92. The van der Waals surface area contributed by atoms with Crippen molar-refractivity contribution in [3.8, 4) is 0 Å². The second kappa shape index (κ2) is 6.02. The van der Waals surface area contributed by atoms with Crippen LogP contribution in [0.15, 0.2) is 45.9 Å². The number of nitrogens with zero attached hydrogens (tertiary/aromatic N) is 1. The van der Waals surface area contributed by atoms with Gasteiger partial charge < -0.3 is 4.42 Å². The van der Waals surface area contributed by atoms with Gasteiger partial charge in [-0.2, -0.15) is 4.31 Å². The standard InChI is InChI=1S/C16H19NO5S2/c1-12-5-6-16(13(2)8-12)24(20,21)17-9-15(10-17)23(18,19)11-14-4-3-7-22-14/h3-8,15H,9-11H2,1-2H3. The summed E-state index contributed by atoms with van der Waals surface area (Å²) in [5.74, 6) is 0.160. The summed E-state index contributed by atoms with van der Waals surface area (Å²) in [6.45, 7) is 3.60. The van der Waals surface area contributed by atoms with Crippen molar-refractivity contribution in [1.82, 2.24) is 4.31 Å². The minimum atomic E-state index is -3.66. The molecule has 0 unspecified atom stereocenters. The van der Waals surface area contributed by atoms with E-state index in [2.05, 4.69) is 0 Å². The molecule has 0 saturated carbocycles. The summed E-state index contributed by atoms with van der Waals surface area (Å²) in [6.07, 6.45) is 1.42. The van der Waals surface area contributed by atoms with Crippen LogP contribution in [0.5, 0.6) is 0 Å². The van der Waals surface area contributed by atoms with Gasteiger partial charge in [-0.15, -0.1) is 0 Å². The Bertz CT molecular complexity index is 940. The monoisotopic (exact) mass is 369 g/mol. The van der Waals surface area contributed by atoms with E-state index < -0.39 is 25.1 Å². The second-order valence-electron chi connectivity index (χ2n) is 6.10. The quantitative estimate of drug-likeness (QED) is 0.803. The zero-order valence-corrected chi connectivity index (χ0v) is 15.1. The molecule has 0 amide bonds. The normalized spacial score (nSPS) is 16.9. The van der Waals surface area contributed by atoms with Crippen LogP contribution in [0, 0.1) is 13.8 Å². The third-order valence-corrected chi connectivity index (χ3v) is 8.19. The predicted molar refractivity (Wildman–Crippen MR) is 89.8 cm³/mol. The lowest BCUT2D eigenvalue weighted by Crippen LogP contribution is -2.56. The lowest BCUT2D eigenvalue weighted by Gasteiger charge is -2.37. The van der Waals surface area contributed by atoms with Crippen LogP contribution in [0.2, 0.25) is 0 Å². The summed E-state index contributed by atoms with van der Waals surface area (Å²) in [4.78, 5) is 0.231. The molecule has 1 aromatic carbocycles. The fraction of sp³-hybridized carbons (Fsp3) is 0.375. The van der Waals surface area contributed by atoms with Crippen molar-refractivity contribution in [2.24, 2.45) is 0 Å². The molecule has 24 heavy (non-hydrogen) atoms. The van der Waals surface area contributed by atoms with Crippen molar-refractivity contribution in [1.29, 1.82) is 0 Å². The molecule has 1 aliphatic rings. The summed E-state index contributed by atoms with van der Waals surface area (Å²) in [6, 6.07) is 8.34. The minimum Gasteiger partial charge on any atom is -0.468 e. The molecular formula is C16H19NO5S2. The highest BCUT2D eigenvalue weighted by Gasteiger charge is 2.44. The van der Waals surface area contributed by atoms with E-state index in [9.17, 15) is 16.8 Å². The molecule has 1 aliphatic heterocycles. The molecule has 1 fully saturated rings. The van der Waals surface area contributed by atoms with Crippen LogP contribution in [0.4, 0.5) is 0 Å². The van der Waals surface area contributed by atoms with E-state index >= 15 is 0 Å². The summed E-state index contributed by atoms with van der Waals surface area (Å²) < 4.78 is 56.2. The number of hydrogen-bond acceptors (Lipinski definition) is 5. The topological polar surface area (TPSA) is 84.7 Å². The molecule has 2 heterocycles. The first-order chi connectivity index (χ1) is 11.2. The summed E-state index contributed by atoms with van der Waals surface area (Å²) in [5, 5.41) is -0.692. The molecule has 0 N–H and O–H groups in total. The second-order valence-corrected chi connectivity index (χ2v) is 10.3. The van der Waals surface area contributed by atoms with E-state index in [1.807, 2.05) is 6.92 Å². The molecule has 3 rings (SSSR count). The van der Waals surface area contributed by atoms with Crippen LogP contribution in [0.1, 0.15) is 16.9 Å². The zero-order chi connectivity index (χ0) is 17.5. The van der Waals surface area contributed by atoms with Crippen molar-refractivity contribution in [2.45, 2.75) is 29.7 Å². The largest absolute Gasteiger partial charge is 0.468 e. The van der Waals surface area contributed by atoms with Gasteiger partial charge in [0.2, 0.25) is 10.0 Å². The van der Waals surface area contributed by atoms with Gasteiger partial charge in [0.05, 0.1) is 16.4 Å². The third-order valence-electron chi connectivity index (χ3n) is 4.19. The van der Waals surface area contributed by atoms with E-state index in [-0.39, 0.29) is 23.7 Å². The van der Waals surface area contributed by atoms with Crippen LogP contribution < -0.4 is 0 Å². The molecule has 130 valence electrons. The summed E-state index contributed by atoms with van der Waals surface area (Å²) in [5.41, 5.74) is 1.64. The molecule has 1 saturated heterocycles. The highest BCUT2D eigenvalue weighted by atomic mass is 32.2. The van der Waals surface area contributed by atoms with Crippen molar-refractivity contribution >= 4 is 19.9 Å². The molecule has 0 atom stereocenters. The van der Waals surface area contributed by atoms with Gasteiger partial charge in [0.15, 0.2) is 9.84 Å². The number of rotatable bonds is 5. The van der Waals surface area contributed by atoms with Crippen LogP contribution in [0.25, 0.3) is 0 Å². The van der Waals surface area contributed by atoms with Crippen molar-refractivity contribution in [3.63, 3.8) is 0 Å². The lowest BCUT2D eigenvalue weighted by molar-refractivity contribution is 0.309. The molecule has 0 spiro atoms. The fourth-order valence-electron chi connectivity index (χ4n) is 2.76. The minimum absolute atomic E-state index is 0.0152. The molecule has 1 aromatic heterocycles. The Morgan fingerprint density at radius 3 is 2.42 bits per heavy atom. The van der Waals surface area contributed by atoms with Crippen LogP contribution in [0.3, 0.4) is 0 Å². The van der Waals surface area contributed by atoms with Crippen molar-refractivity contribution in [2.75, 3.05) is 13.1 Å². The Morgan fingerprint density at radius 2 is 1.83 bits per heavy atom. The van der Waals surface area contributed by atoms with Gasteiger partial charge in [-0.25, -0.2) is 16.8 Å². The number of furan rings is 1. The molecular weight excluding hydrogens is 350 g/mol. The fourth-order valence-corrected chi connectivity index (χ4v) is 6.30. The van der Waals surface area contributed by atoms with Crippen molar-refractivity contribution in [3.05, 3.63) is 53.5 Å². The number of hydrogen-bond donors (Lipinski definition) is 0. The van der Waals surface area contributed by atoms with Gasteiger partial charge in [-0.1, -0.05) is 17.7 Å². The molecule has 8 heteroatoms. The lowest BCUT2D eigenvalue weighted by atomic mass is 10.2. The maximum Gasteiger partial charge on any atom is 0.243 e. The van der Waals surface area contributed by atoms with Crippen LogP contribution >= 0.6 is 0 Å². The average molecular weight is 369 g/mol. The summed E-state index contributed by atoms with van der Waals surface area (Å²) >= 11 is 0. The van der Waals surface area contributed by atoms with E-state index in [4.69, 9.17) is 4.42 Å². The maximum atomic E-state index is 12.6. The average Bonchev–Trinajstić information content (AvgIpc) is 2.87. The molecule has 2 aromatic rings. The van der Waals surface area contributed by atoms with E-state index in [1.165, 1.54) is 10.6 Å². The first kappa shape index (κ1) is 17.2. The Hall–Kier alpha value is -1.64. The van der Waals surface area contributed by atoms with Gasteiger partial charge in [0.25, 0.3) is 0 Å². The third kappa shape index (κ3) is 3.13. The Labute approximate surface area is 142 Å². The molecule has 0 bridgehead atoms. The van der Waals surface area contributed by atoms with Gasteiger partial charge in [0, 0.05) is 13.1 Å². The van der Waals surface area contributed by atoms with Gasteiger partial charge in [-0.3, -0.25) is 0 Å². The zero-order valence-electron chi connectivity index (χ0n) is 13.5. The SMILES string of the molecule is Cc1ccc(S(=O)(=O)N2CC(S(=O)(=O)Cc3ccco3)C2)c(C)c1. The maximum absolute atomic E-state index is 12.6. The van der Waals surface area contributed by atoms with Crippen LogP contribution in [-0.4, -0.2) is 39.5 Å². The first-order valence-corrected chi connectivity index (χ1v) is 10.7. The first-order valence-electron chi connectivity index (χ1n) is 7.51. The Morgan fingerprint density at radius 1 is 1.12 bits per heavy atom. The number of sulfone groups is 1. The van der Waals surface area contributed by atoms with E-state index in [1.54, 1.807) is 37.3 Å².